The molecule has 164 valence electrons. The smallest absolute Gasteiger partial charge is 0.220 e. The summed E-state index contributed by atoms with van der Waals surface area (Å²) >= 11 is 13.8. The molecule has 0 fully saturated rings. The first-order chi connectivity index (χ1) is 15.5. The summed E-state index contributed by atoms with van der Waals surface area (Å²) in [5.74, 6) is 0.145. The summed E-state index contributed by atoms with van der Waals surface area (Å²) in [6.07, 6.45) is 1.84. The maximum absolute atomic E-state index is 12.8. The van der Waals surface area contributed by atoms with Gasteiger partial charge in [-0.15, -0.1) is 11.3 Å². The van der Waals surface area contributed by atoms with Crippen LogP contribution in [-0.2, 0) is 17.6 Å². The van der Waals surface area contributed by atoms with Crippen LogP contribution in [0.3, 0.4) is 0 Å². The molecule has 32 heavy (non-hydrogen) atoms. The molecule has 1 amide bonds. The molecule has 0 spiro atoms. The number of rotatable bonds is 8. The van der Waals surface area contributed by atoms with Gasteiger partial charge in [-0.25, -0.2) is 4.98 Å². The van der Waals surface area contributed by atoms with E-state index in [-0.39, 0.29) is 17.9 Å². The molecule has 2 atom stereocenters. The number of nitrogens with one attached hydrogen (secondary N) is 1. The molecule has 4 rings (SSSR count). The summed E-state index contributed by atoms with van der Waals surface area (Å²) in [6, 6.07) is 23.7. The van der Waals surface area contributed by atoms with Crippen molar-refractivity contribution < 1.29 is 4.79 Å². The third kappa shape index (κ3) is 5.89. The van der Waals surface area contributed by atoms with Gasteiger partial charge in [-0.2, -0.15) is 0 Å². The van der Waals surface area contributed by atoms with Crippen molar-refractivity contribution >= 4 is 50.7 Å². The molecule has 6 heteroatoms. The Morgan fingerprint density at radius 2 is 1.62 bits per heavy atom. The van der Waals surface area contributed by atoms with Crippen molar-refractivity contribution in [3.05, 3.63) is 99.0 Å². The number of halogens is 2. The predicted octanol–water partition coefficient (Wildman–Crippen LogP) is 7.07. The minimum absolute atomic E-state index is 0.0341. The second kappa shape index (κ2) is 10.5. The van der Waals surface area contributed by atoms with Gasteiger partial charge in [0.25, 0.3) is 0 Å². The number of amides is 1. The lowest BCUT2D eigenvalue weighted by Crippen LogP contribution is -2.38. The summed E-state index contributed by atoms with van der Waals surface area (Å²) in [6.45, 7) is 2.06. The standard InChI is InChI=1S/C26H24Cl2N2OS/c1-17(29-25(31)14-15-26-30-23-4-2-3-5-24(23)32-26)22(19-8-12-21(28)13-9-19)16-18-6-10-20(27)11-7-18/h2-13,17,22H,14-16H2,1H3,(H,29,31)/t17-,22+/m1/s1. The maximum atomic E-state index is 12.8. The van der Waals surface area contributed by atoms with Crippen LogP contribution in [-0.4, -0.2) is 16.9 Å². The first kappa shape index (κ1) is 22.8. The van der Waals surface area contributed by atoms with Crippen LogP contribution in [0.1, 0.15) is 35.4 Å². The maximum Gasteiger partial charge on any atom is 0.220 e. The zero-order valence-corrected chi connectivity index (χ0v) is 20.1. The first-order valence-corrected chi connectivity index (χ1v) is 12.2. The Bertz CT molecular complexity index is 1160. The number of nitrogens with zero attached hydrogens (tertiary/aromatic N) is 1. The summed E-state index contributed by atoms with van der Waals surface area (Å²) in [5.41, 5.74) is 3.31. The van der Waals surface area contributed by atoms with Crippen LogP contribution >= 0.6 is 34.5 Å². The van der Waals surface area contributed by atoms with Crippen LogP contribution in [0.2, 0.25) is 10.0 Å². The van der Waals surface area contributed by atoms with Crippen molar-refractivity contribution in [1.82, 2.24) is 10.3 Å². The molecule has 0 radical (unpaired) electrons. The third-order valence-electron chi connectivity index (χ3n) is 5.56. The number of para-hydroxylation sites is 1. The van der Waals surface area contributed by atoms with Crippen LogP contribution in [0.4, 0.5) is 0 Å². The predicted molar refractivity (Wildman–Crippen MR) is 135 cm³/mol. The molecule has 0 aliphatic heterocycles. The Kier molecular flexibility index (Phi) is 7.46. The summed E-state index contributed by atoms with van der Waals surface area (Å²) in [5, 5.41) is 5.61. The van der Waals surface area contributed by atoms with Crippen LogP contribution in [0, 0.1) is 0 Å². The number of carbonyl (C=O) groups excluding carboxylic acids is 1. The quantitative estimate of drug-likeness (QED) is 0.291. The first-order valence-electron chi connectivity index (χ1n) is 10.6. The molecule has 0 aliphatic rings. The van der Waals surface area contributed by atoms with Crippen LogP contribution in [0.15, 0.2) is 72.8 Å². The van der Waals surface area contributed by atoms with Crippen molar-refractivity contribution in [2.75, 3.05) is 0 Å². The molecular weight excluding hydrogens is 459 g/mol. The van der Waals surface area contributed by atoms with E-state index >= 15 is 0 Å². The summed E-state index contributed by atoms with van der Waals surface area (Å²) < 4.78 is 1.15. The molecule has 0 saturated heterocycles. The van der Waals surface area contributed by atoms with Crippen molar-refractivity contribution in [3.63, 3.8) is 0 Å². The molecule has 0 unspecified atom stereocenters. The van der Waals surface area contributed by atoms with Gasteiger partial charge >= 0.3 is 0 Å². The molecule has 0 aliphatic carbocycles. The van der Waals surface area contributed by atoms with Crippen LogP contribution < -0.4 is 5.32 Å². The Hall–Kier alpha value is -2.40. The second-order valence-electron chi connectivity index (χ2n) is 7.92. The lowest BCUT2D eigenvalue weighted by atomic mass is 9.86. The molecule has 3 aromatic carbocycles. The van der Waals surface area contributed by atoms with Gasteiger partial charge in [0.15, 0.2) is 0 Å². The van der Waals surface area contributed by atoms with E-state index < -0.39 is 0 Å². The number of carbonyl (C=O) groups is 1. The van der Waals surface area contributed by atoms with Crippen molar-refractivity contribution in [1.29, 1.82) is 0 Å². The average Bonchev–Trinajstić information content (AvgIpc) is 3.21. The molecule has 0 bridgehead atoms. The van der Waals surface area contributed by atoms with Crippen molar-refractivity contribution in [2.45, 2.75) is 38.1 Å². The van der Waals surface area contributed by atoms with Crippen molar-refractivity contribution in [3.8, 4) is 0 Å². The van der Waals surface area contributed by atoms with E-state index in [1.807, 2.05) is 66.7 Å². The van der Waals surface area contributed by atoms with Crippen LogP contribution in [0.25, 0.3) is 10.2 Å². The van der Waals surface area contributed by atoms with Gasteiger partial charge in [-0.1, -0.05) is 59.6 Å². The number of hydrogen-bond acceptors (Lipinski definition) is 3. The Morgan fingerprint density at radius 3 is 2.31 bits per heavy atom. The number of hydrogen-bond donors (Lipinski definition) is 1. The fraction of sp³-hybridized carbons (Fsp3) is 0.231. The largest absolute Gasteiger partial charge is 0.353 e. The zero-order valence-electron chi connectivity index (χ0n) is 17.7. The Morgan fingerprint density at radius 1 is 0.969 bits per heavy atom. The fourth-order valence-corrected chi connectivity index (χ4v) is 5.06. The average molecular weight is 483 g/mol. The molecule has 3 nitrogen and oxygen atoms in total. The Labute approximate surface area is 202 Å². The minimum atomic E-state index is -0.0466. The van der Waals surface area contributed by atoms with Gasteiger partial charge in [0.05, 0.1) is 15.2 Å². The van der Waals surface area contributed by atoms with Crippen LogP contribution in [0.5, 0.6) is 0 Å². The van der Waals surface area contributed by atoms with E-state index in [1.54, 1.807) is 11.3 Å². The highest BCUT2D eigenvalue weighted by molar-refractivity contribution is 7.18. The summed E-state index contributed by atoms with van der Waals surface area (Å²) in [4.78, 5) is 17.4. The van der Waals surface area contributed by atoms with Gasteiger partial charge in [0, 0.05) is 34.8 Å². The van der Waals surface area contributed by atoms with Gasteiger partial charge in [0.1, 0.15) is 0 Å². The third-order valence-corrected chi connectivity index (χ3v) is 7.16. The monoisotopic (exact) mass is 482 g/mol. The van der Waals surface area contributed by atoms with Gasteiger partial charge in [-0.05, 0) is 60.9 Å². The van der Waals surface area contributed by atoms with E-state index in [4.69, 9.17) is 23.2 Å². The molecular formula is C26H24Cl2N2OS. The SMILES string of the molecule is C[C@@H](NC(=O)CCc1nc2ccccc2s1)[C@H](Cc1ccc(Cl)cc1)c1ccc(Cl)cc1. The molecule has 1 N–H and O–H groups in total. The molecule has 1 aromatic heterocycles. The van der Waals surface area contributed by atoms with E-state index in [2.05, 4.69) is 23.3 Å². The van der Waals surface area contributed by atoms with Gasteiger partial charge < -0.3 is 5.32 Å². The zero-order chi connectivity index (χ0) is 22.5. The number of thiazole rings is 1. The lowest BCUT2D eigenvalue weighted by molar-refractivity contribution is -0.121. The molecule has 0 saturated carbocycles. The lowest BCUT2D eigenvalue weighted by Gasteiger charge is -2.26. The number of aromatic nitrogens is 1. The van der Waals surface area contributed by atoms with Gasteiger partial charge in [-0.3, -0.25) is 4.79 Å². The van der Waals surface area contributed by atoms with E-state index in [0.29, 0.717) is 22.9 Å². The van der Waals surface area contributed by atoms with E-state index in [0.717, 1.165) is 27.2 Å². The second-order valence-corrected chi connectivity index (χ2v) is 9.91. The normalized spacial score (nSPS) is 13.1. The topological polar surface area (TPSA) is 42.0 Å². The highest BCUT2D eigenvalue weighted by Crippen LogP contribution is 2.27. The van der Waals surface area contributed by atoms with Crippen molar-refractivity contribution in [2.24, 2.45) is 0 Å². The Balaban J connectivity index is 1.43. The van der Waals surface area contributed by atoms with E-state index in [9.17, 15) is 4.79 Å². The minimum Gasteiger partial charge on any atom is -0.353 e. The molecule has 4 aromatic rings. The summed E-state index contributed by atoms with van der Waals surface area (Å²) in [7, 11) is 0. The van der Waals surface area contributed by atoms with E-state index in [1.165, 1.54) is 5.56 Å². The fourth-order valence-electron chi connectivity index (χ4n) is 3.84. The number of fused-ring (bicyclic) bond motifs is 1. The number of aryl methyl sites for hydroxylation is 1. The highest BCUT2D eigenvalue weighted by Gasteiger charge is 2.22. The molecule has 1 heterocycles. The van der Waals surface area contributed by atoms with Gasteiger partial charge in [0.2, 0.25) is 5.91 Å². The number of benzene rings is 3. The highest BCUT2D eigenvalue weighted by atomic mass is 35.5.